The quantitative estimate of drug-likeness (QED) is 0.456. The topological polar surface area (TPSA) is 56.0 Å². The van der Waals surface area contributed by atoms with Gasteiger partial charge < -0.3 is 4.57 Å². The van der Waals surface area contributed by atoms with Gasteiger partial charge in [-0.05, 0) is 44.1 Å². The molecule has 0 spiro atoms. The summed E-state index contributed by atoms with van der Waals surface area (Å²) in [5, 5.41) is 4.79. The number of piperidine rings is 1. The van der Waals surface area contributed by atoms with Crippen LogP contribution in [0.25, 0.3) is 11.4 Å². The molecule has 7 heteroatoms. The van der Waals surface area contributed by atoms with Crippen molar-refractivity contribution in [1.82, 2.24) is 24.2 Å². The van der Waals surface area contributed by atoms with Gasteiger partial charge in [0.15, 0.2) is 16.4 Å². The van der Waals surface area contributed by atoms with Crippen LogP contribution in [0, 0.1) is 10.7 Å². The molecule has 6 nitrogen and oxygen atoms in total. The maximum absolute atomic E-state index is 12.7. The largest absolute Gasteiger partial charge is 0.300 e. The van der Waals surface area contributed by atoms with Crippen LogP contribution in [-0.4, -0.2) is 43.1 Å². The van der Waals surface area contributed by atoms with Gasteiger partial charge in [0, 0.05) is 49.1 Å². The van der Waals surface area contributed by atoms with Crippen LogP contribution in [0.5, 0.6) is 0 Å². The first-order chi connectivity index (χ1) is 14.2. The molecule has 4 rings (SSSR count). The Morgan fingerprint density at radius 3 is 2.45 bits per heavy atom. The fraction of sp³-hybridized carbons (Fsp3) is 0.364. The second-order valence-corrected chi connectivity index (χ2v) is 7.72. The molecule has 1 aliphatic rings. The van der Waals surface area contributed by atoms with Crippen molar-refractivity contribution in [3.05, 3.63) is 65.2 Å². The standard InChI is InChI=1S/C22H25N5OS/c1-2-26-21(19-8-12-23-13-9-19)24-27(22(26)29)16-25-14-10-18(11-15-25)20(28)17-6-4-3-5-7-17/h3-9,12-13,18H,2,10-11,14-16H2,1H3. The van der Waals surface area contributed by atoms with E-state index in [9.17, 15) is 4.79 Å². The third-order valence-corrected chi connectivity index (χ3v) is 5.96. The molecule has 0 unspecified atom stereocenters. The maximum Gasteiger partial charge on any atom is 0.199 e. The molecular weight excluding hydrogens is 382 g/mol. The number of nitrogens with zero attached hydrogens (tertiary/aromatic N) is 5. The summed E-state index contributed by atoms with van der Waals surface area (Å²) in [6.07, 6.45) is 5.28. The molecule has 150 valence electrons. The van der Waals surface area contributed by atoms with E-state index in [0.29, 0.717) is 6.67 Å². The van der Waals surface area contributed by atoms with Crippen LogP contribution in [0.15, 0.2) is 54.9 Å². The summed E-state index contributed by atoms with van der Waals surface area (Å²) in [6.45, 7) is 5.23. The van der Waals surface area contributed by atoms with E-state index < -0.39 is 0 Å². The number of aromatic nitrogens is 4. The molecule has 0 radical (unpaired) electrons. The van der Waals surface area contributed by atoms with Gasteiger partial charge in [0.1, 0.15) is 0 Å². The zero-order chi connectivity index (χ0) is 20.2. The predicted molar refractivity (Wildman–Crippen MR) is 115 cm³/mol. The van der Waals surface area contributed by atoms with E-state index in [4.69, 9.17) is 17.3 Å². The van der Waals surface area contributed by atoms with E-state index in [2.05, 4.69) is 21.4 Å². The van der Waals surface area contributed by atoms with Crippen molar-refractivity contribution in [3.63, 3.8) is 0 Å². The van der Waals surface area contributed by atoms with Crippen molar-refractivity contribution in [2.75, 3.05) is 13.1 Å². The van der Waals surface area contributed by atoms with E-state index >= 15 is 0 Å². The second kappa shape index (κ2) is 8.80. The zero-order valence-corrected chi connectivity index (χ0v) is 17.4. The van der Waals surface area contributed by atoms with Crippen molar-refractivity contribution in [1.29, 1.82) is 0 Å². The number of likely N-dealkylation sites (tertiary alicyclic amines) is 1. The number of hydrogen-bond donors (Lipinski definition) is 0. The lowest BCUT2D eigenvalue weighted by molar-refractivity contribution is 0.0803. The van der Waals surface area contributed by atoms with Gasteiger partial charge in [-0.3, -0.25) is 14.7 Å². The Kier molecular flexibility index (Phi) is 5.97. The molecule has 0 amide bonds. The van der Waals surface area contributed by atoms with Crippen LogP contribution in [0.3, 0.4) is 0 Å². The maximum atomic E-state index is 12.7. The van der Waals surface area contributed by atoms with Crippen LogP contribution in [0.4, 0.5) is 0 Å². The van der Waals surface area contributed by atoms with Crippen molar-refractivity contribution in [2.45, 2.75) is 33.0 Å². The Hall–Kier alpha value is -2.64. The van der Waals surface area contributed by atoms with E-state index in [1.165, 1.54) is 0 Å². The SMILES string of the molecule is CCn1c(-c2ccncc2)nn(CN2CCC(C(=O)c3ccccc3)CC2)c1=S. The number of Topliss-reactive ketones (excluding diaryl/α,β-unsaturated/α-hetero) is 1. The third-order valence-electron chi connectivity index (χ3n) is 5.53. The second-order valence-electron chi connectivity index (χ2n) is 7.35. The molecule has 0 aliphatic carbocycles. The number of hydrogen-bond acceptors (Lipinski definition) is 5. The average Bonchev–Trinajstić information content (AvgIpc) is 3.10. The fourth-order valence-electron chi connectivity index (χ4n) is 3.90. The summed E-state index contributed by atoms with van der Waals surface area (Å²) in [5.74, 6) is 1.23. The molecule has 0 bridgehead atoms. The Labute approximate surface area is 175 Å². The first-order valence-corrected chi connectivity index (χ1v) is 10.5. The highest BCUT2D eigenvalue weighted by Crippen LogP contribution is 2.23. The van der Waals surface area contributed by atoms with Crippen LogP contribution in [0.1, 0.15) is 30.1 Å². The summed E-state index contributed by atoms with van der Waals surface area (Å²) in [7, 11) is 0. The van der Waals surface area contributed by atoms with Gasteiger partial charge >= 0.3 is 0 Å². The van der Waals surface area contributed by atoms with E-state index in [0.717, 1.165) is 54.2 Å². The van der Waals surface area contributed by atoms with Crippen molar-refractivity contribution in [2.24, 2.45) is 5.92 Å². The van der Waals surface area contributed by atoms with Crippen LogP contribution < -0.4 is 0 Å². The molecule has 1 aliphatic heterocycles. The van der Waals surface area contributed by atoms with Gasteiger partial charge in [0.05, 0.1) is 6.67 Å². The molecular formula is C22H25N5OS. The van der Waals surface area contributed by atoms with Gasteiger partial charge in [-0.2, -0.15) is 5.10 Å². The van der Waals surface area contributed by atoms with Gasteiger partial charge in [-0.1, -0.05) is 30.3 Å². The van der Waals surface area contributed by atoms with E-state index in [1.54, 1.807) is 12.4 Å². The monoisotopic (exact) mass is 407 g/mol. The Morgan fingerprint density at radius 2 is 1.79 bits per heavy atom. The molecule has 1 saturated heterocycles. The highest BCUT2D eigenvalue weighted by molar-refractivity contribution is 7.71. The number of pyridine rings is 1. The van der Waals surface area contributed by atoms with Crippen LogP contribution in [-0.2, 0) is 13.2 Å². The fourth-order valence-corrected chi connectivity index (χ4v) is 4.21. The average molecular weight is 408 g/mol. The summed E-state index contributed by atoms with van der Waals surface area (Å²) in [4.78, 5) is 19.1. The highest BCUT2D eigenvalue weighted by Gasteiger charge is 2.26. The number of carbonyl (C=O) groups excluding carboxylic acids is 1. The smallest absolute Gasteiger partial charge is 0.199 e. The summed E-state index contributed by atoms with van der Waals surface area (Å²) < 4.78 is 4.67. The Morgan fingerprint density at radius 1 is 1.10 bits per heavy atom. The zero-order valence-electron chi connectivity index (χ0n) is 16.6. The molecule has 1 aromatic carbocycles. The summed E-state index contributed by atoms with van der Waals surface area (Å²) in [5.41, 5.74) is 1.83. The van der Waals surface area contributed by atoms with Crippen molar-refractivity contribution < 1.29 is 4.79 Å². The highest BCUT2D eigenvalue weighted by atomic mass is 32.1. The van der Waals surface area contributed by atoms with Crippen LogP contribution >= 0.6 is 12.2 Å². The van der Waals surface area contributed by atoms with Crippen LogP contribution in [0.2, 0.25) is 0 Å². The molecule has 2 aromatic heterocycles. The summed E-state index contributed by atoms with van der Waals surface area (Å²) in [6, 6.07) is 13.5. The van der Waals surface area contributed by atoms with E-state index in [1.807, 2.05) is 47.1 Å². The van der Waals surface area contributed by atoms with Crippen molar-refractivity contribution >= 4 is 18.0 Å². The predicted octanol–water partition coefficient (Wildman–Crippen LogP) is 4.05. The normalized spacial score (nSPS) is 15.5. The first kappa shape index (κ1) is 19.7. The van der Waals surface area contributed by atoms with Gasteiger partial charge in [0.2, 0.25) is 0 Å². The molecule has 29 heavy (non-hydrogen) atoms. The lowest BCUT2D eigenvalue weighted by atomic mass is 9.89. The minimum atomic E-state index is 0.0993. The number of benzene rings is 1. The van der Waals surface area contributed by atoms with E-state index in [-0.39, 0.29) is 11.7 Å². The molecule has 1 fully saturated rings. The number of rotatable bonds is 6. The first-order valence-electron chi connectivity index (χ1n) is 10.1. The number of ketones is 1. The third kappa shape index (κ3) is 4.21. The molecule has 0 N–H and O–H groups in total. The molecule has 3 aromatic rings. The Bertz CT molecular complexity index is 1020. The number of carbonyl (C=O) groups is 1. The minimum Gasteiger partial charge on any atom is -0.300 e. The molecule has 0 saturated carbocycles. The lowest BCUT2D eigenvalue weighted by Gasteiger charge is -2.30. The van der Waals surface area contributed by atoms with Crippen molar-refractivity contribution in [3.8, 4) is 11.4 Å². The minimum absolute atomic E-state index is 0.0993. The van der Waals surface area contributed by atoms with Gasteiger partial charge in [-0.15, -0.1) is 0 Å². The summed E-state index contributed by atoms with van der Waals surface area (Å²) >= 11 is 5.68. The lowest BCUT2D eigenvalue weighted by Crippen LogP contribution is -2.37. The molecule has 0 atom stereocenters. The van der Waals surface area contributed by atoms with Gasteiger partial charge in [0.25, 0.3) is 0 Å². The Balaban J connectivity index is 1.44. The van der Waals surface area contributed by atoms with Gasteiger partial charge in [-0.25, -0.2) is 4.68 Å². The molecule has 3 heterocycles.